The Morgan fingerprint density at radius 1 is 0.396 bits per heavy atom. The fourth-order valence-corrected chi connectivity index (χ4v) is 9.41. The zero-order valence-corrected chi connectivity index (χ0v) is 29.5. The number of hydrogen-bond donors (Lipinski definition) is 0. The minimum atomic E-state index is 0.898. The van der Waals surface area contributed by atoms with Crippen molar-refractivity contribution < 1.29 is 4.42 Å². The van der Waals surface area contributed by atoms with Gasteiger partial charge in [-0.25, -0.2) is 0 Å². The van der Waals surface area contributed by atoms with Crippen molar-refractivity contribution in [1.29, 1.82) is 0 Å². The summed E-state index contributed by atoms with van der Waals surface area (Å²) in [5, 5.41) is 9.71. The van der Waals surface area contributed by atoms with Crippen molar-refractivity contribution in [2.75, 3.05) is 4.90 Å². The summed E-state index contributed by atoms with van der Waals surface area (Å²) in [6.45, 7) is 0. The molecule has 2 heterocycles. The summed E-state index contributed by atoms with van der Waals surface area (Å²) < 4.78 is 9.19. The van der Waals surface area contributed by atoms with E-state index in [9.17, 15) is 0 Å². The van der Waals surface area contributed by atoms with Crippen molar-refractivity contribution in [1.82, 2.24) is 0 Å². The second kappa shape index (κ2) is 11.9. The van der Waals surface area contributed by atoms with E-state index in [0.29, 0.717) is 0 Å². The Morgan fingerprint density at radius 2 is 1.06 bits per heavy atom. The van der Waals surface area contributed by atoms with Crippen LogP contribution in [0.3, 0.4) is 0 Å². The molecule has 0 amide bonds. The van der Waals surface area contributed by atoms with Crippen LogP contribution in [0.4, 0.5) is 17.1 Å². The SMILES string of the molecule is c1ccc(-c2cc(-c3cccc4c3oc3ccccc34)cc(N(c3cc4ccccc4c4ccccc34)c3cccc4c3sc3ccccc34)c2)cc1. The first-order chi connectivity index (χ1) is 26.3. The van der Waals surface area contributed by atoms with Crippen LogP contribution >= 0.6 is 11.3 Å². The average Bonchev–Trinajstić information content (AvgIpc) is 3.80. The molecule has 9 aromatic carbocycles. The number of nitrogens with zero attached hydrogens (tertiary/aromatic N) is 1. The number of fused-ring (bicyclic) bond motifs is 9. The fraction of sp³-hybridized carbons (Fsp3) is 0. The number of benzene rings is 9. The smallest absolute Gasteiger partial charge is 0.143 e. The number of para-hydroxylation sites is 2. The molecule has 0 spiro atoms. The van der Waals surface area contributed by atoms with Crippen molar-refractivity contribution in [3.8, 4) is 22.3 Å². The second-order valence-corrected chi connectivity index (χ2v) is 14.7. The fourth-order valence-electron chi connectivity index (χ4n) is 8.20. The van der Waals surface area contributed by atoms with Crippen LogP contribution in [0.25, 0.3) is 85.9 Å². The third kappa shape index (κ3) is 4.78. The van der Waals surface area contributed by atoms with Crippen molar-refractivity contribution in [3.05, 3.63) is 188 Å². The molecule has 0 N–H and O–H groups in total. The molecule has 0 saturated heterocycles. The topological polar surface area (TPSA) is 16.4 Å². The molecule has 0 fully saturated rings. The van der Waals surface area contributed by atoms with E-state index in [0.717, 1.165) is 61.3 Å². The molecule has 0 saturated carbocycles. The van der Waals surface area contributed by atoms with Gasteiger partial charge >= 0.3 is 0 Å². The lowest BCUT2D eigenvalue weighted by Crippen LogP contribution is -2.11. The molecule has 0 bridgehead atoms. The van der Waals surface area contributed by atoms with Crippen molar-refractivity contribution in [2.45, 2.75) is 0 Å². The van der Waals surface area contributed by atoms with Crippen LogP contribution in [0.15, 0.2) is 192 Å². The molecule has 0 aliphatic rings. The summed E-state index contributed by atoms with van der Waals surface area (Å²) in [5.41, 5.74) is 9.66. The Balaban J connectivity index is 1.27. The molecule has 2 nitrogen and oxygen atoms in total. The quantitative estimate of drug-likeness (QED) is 0.167. The molecule has 11 rings (SSSR count). The molecule has 0 aliphatic heterocycles. The van der Waals surface area contributed by atoms with Gasteiger partial charge in [-0.15, -0.1) is 11.3 Å². The van der Waals surface area contributed by atoms with Crippen LogP contribution < -0.4 is 4.90 Å². The van der Waals surface area contributed by atoms with Gasteiger partial charge in [0.15, 0.2) is 0 Å². The lowest BCUT2D eigenvalue weighted by molar-refractivity contribution is 0.670. The van der Waals surface area contributed by atoms with Crippen molar-refractivity contribution in [3.63, 3.8) is 0 Å². The number of thiophene rings is 1. The van der Waals surface area contributed by atoms with Gasteiger partial charge in [-0.05, 0) is 75.3 Å². The van der Waals surface area contributed by atoms with E-state index in [2.05, 4.69) is 187 Å². The molecular formula is C50H31NOS. The first kappa shape index (κ1) is 30.0. The highest BCUT2D eigenvalue weighted by Crippen LogP contribution is 2.49. The van der Waals surface area contributed by atoms with Crippen LogP contribution in [0.1, 0.15) is 0 Å². The third-order valence-corrected chi connectivity index (χ3v) is 11.8. The number of furan rings is 1. The van der Waals surface area contributed by atoms with E-state index in [1.165, 1.54) is 41.7 Å². The molecule has 0 aliphatic carbocycles. The van der Waals surface area contributed by atoms with Gasteiger partial charge in [-0.2, -0.15) is 0 Å². The standard InChI is InChI=1S/C50H31NOS/c1-2-14-32(15-3-1)34-28-35(38-22-12-23-43-41-20-8-10-26-47(41)52-49(38)43)30-36(29-34)51(45-25-13-24-44-42-21-9-11-27-48(42)53-50(44)45)46-31-33-16-4-5-17-37(33)39-18-6-7-19-40(39)46/h1-31H. The van der Waals surface area contributed by atoms with E-state index in [-0.39, 0.29) is 0 Å². The minimum absolute atomic E-state index is 0.898. The Bertz CT molecular complexity index is 3190. The maximum atomic E-state index is 6.64. The highest BCUT2D eigenvalue weighted by molar-refractivity contribution is 7.26. The molecule has 0 radical (unpaired) electrons. The van der Waals surface area contributed by atoms with E-state index >= 15 is 0 Å². The van der Waals surface area contributed by atoms with Crippen LogP contribution in [0.2, 0.25) is 0 Å². The normalized spacial score (nSPS) is 11.8. The Labute approximate surface area is 310 Å². The van der Waals surface area contributed by atoms with Crippen molar-refractivity contribution in [2.24, 2.45) is 0 Å². The first-order valence-corrected chi connectivity index (χ1v) is 18.8. The van der Waals surface area contributed by atoms with E-state index in [4.69, 9.17) is 4.42 Å². The summed E-state index contributed by atoms with van der Waals surface area (Å²) in [4.78, 5) is 2.50. The van der Waals surface area contributed by atoms with Crippen LogP contribution in [-0.2, 0) is 0 Å². The molecule has 53 heavy (non-hydrogen) atoms. The van der Waals surface area contributed by atoms with Gasteiger partial charge in [0.1, 0.15) is 11.2 Å². The van der Waals surface area contributed by atoms with Gasteiger partial charge in [-0.1, -0.05) is 146 Å². The lowest BCUT2D eigenvalue weighted by atomic mass is 9.95. The Hall–Kier alpha value is -6.68. The predicted octanol–water partition coefficient (Wildman–Crippen LogP) is 15.1. The van der Waals surface area contributed by atoms with E-state index < -0.39 is 0 Å². The summed E-state index contributed by atoms with van der Waals surface area (Å²) in [7, 11) is 0. The second-order valence-electron chi connectivity index (χ2n) is 13.7. The average molecular weight is 694 g/mol. The predicted molar refractivity (Wildman–Crippen MR) is 227 cm³/mol. The minimum Gasteiger partial charge on any atom is -0.455 e. The summed E-state index contributed by atoms with van der Waals surface area (Å²) >= 11 is 1.86. The van der Waals surface area contributed by atoms with Crippen LogP contribution in [0, 0.1) is 0 Å². The summed E-state index contributed by atoms with van der Waals surface area (Å²) in [6.07, 6.45) is 0. The third-order valence-electron chi connectivity index (χ3n) is 10.6. The maximum absolute atomic E-state index is 6.64. The van der Waals surface area contributed by atoms with Gasteiger partial charge < -0.3 is 9.32 Å². The molecular weight excluding hydrogens is 663 g/mol. The molecule has 0 unspecified atom stereocenters. The zero-order chi connectivity index (χ0) is 34.9. The van der Waals surface area contributed by atoms with Crippen molar-refractivity contribution >= 4 is 92.1 Å². The van der Waals surface area contributed by atoms with E-state index in [1.807, 2.05) is 17.4 Å². The van der Waals surface area contributed by atoms with Gasteiger partial charge in [-0.3, -0.25) is 0 Å². The lowest BCUT2D eigenvalue weighted by Gasteiger charge is -2.29. The van der Waals surface area contributed by atoms with Crippen LogP contribution in [0.5, 0.6) is 0 Å². The maximum Gasteiger partial charge on any atom is 0.143 e. The zero-order valence-electron chi connectivity index (χ0n) is 28.7. The number of rotatable bonds is 5. The Kier molecular flexibility index (Phi) is 6.76. The largest absolute Gasteiger partial charge is 0.455 e. The molecule has 3 heteroatoms. The Morgan fingerprint density at radius 3 is 1.94 bits per heavy atom. The van der Waals surface area contributed by atoms with Gasteiger partial charge in [0.05, 0.1) is 16.1 Å². The first-order valence-electron chi connectivity index (χ1n) is 18.0. The van der Waals surface area contributed by atoms with Gasteiger partial charge in [0.25, 0.3) is 0 Å². The van der Waals surface area contributed by atoms with Crippen LogP contribution in [-0.4, -0.2) is 0 Å². The molecule has 11 aromatic rings. The highest BCUT2D eigenvalue weighted by Gasteiger charge is 2.23. The summed E-state index contributed by atoms with van der Waals surface area (Å²) in [6, 6.07) is 68.1. The number of anilines is 3. The molecule has 0 atom stereocenters. The summed E-state index contributed by atoms with van der Waals surface area (Å²) in [5.74, 6) is 0. The monoisotopic (exact) mass is 693 g/mol. The van der Waals surface area contributed by atoms with Gasteiger partial charge in [0, 0.05) is 42.9 Å². The molecule has 2 aromatic heterocycles. The highest BCUT2D eigenvalue weighted by atomic mass is 32.1. The molecule has 248 valence electrons. The van der Waals surface area contributed by atoms with E-state index in [1.54, 1.807) is 0 Å². The number of hydrogen-bond acceptors (Lipinski definition) is 3. The van der Waals surface area contributed by atoms with Gasteiger partial charge in [0.2, 0.25) is 0 Å².